The van der Waals surface area contributed by atoms with Crippen LogP contribution >= 0.6 is 0 Å². The third-order valence-corrected chi connectivity index (χ3v) is 3.02. The first kappa shape index (κ1) is 13.8. The molecule has 104 valence electrons. The van der Waals surface area contributed by atoms with Gasteiger partial charge in [-0.1, -0.05) is 0 Å². The fraction of sp³-hybridized carbons (Fsp3) is 0.385. The standard InChI is InChI=1S/C13H14N4O3/c14-8-10-7-11(3-4-12(10)17(19)20)15-5-6-16-13(18)9-1-2-9/h3-4,7,9,15H,1-2,5-6H2,(H,16,18). The van der Waals surface area contributed by atoms with E-state index in [4.69, 9.17) is 5.26 Å². The molecule has 0 bridgehead atoms. The van der Waals surface area contributed by atoms with Crippen LogP contribution in [0.25, 0.3) is 0 Å². The fourth-order valence-corrected chi connectivity index (χ4v) is 1.78. The average Bonchev–Trinajstić information content (AvgIpc) is 3.27. The first-order valence-electron chi connectivity index (χ1n) is 6.32. The number of rotatable bonds is 6. The molecule has 0 heterocycles. The Morgan fingerprint density at radius 3 is 2.80 bits per heavy atom. The Morgan fingerprint density at radius 1 is 1.45 bits per heavy atom. The lowest BCUT2D eigenvalue weighted by molar-refractivity contribution is -0.385. The zero-order valence-electron chi connectivity index (χ0n) is 10.8. The molecule has 7 nitrogen and oxygen atoms in total. The van der Waals surface area contributed by atoms with Crippen molar-refractivity contribution in [1.29, 1.82) is 5.26 Å². The lowest BCUT2D eigenvalue weighted by atomic mass is 10.2. The lowest BCUT2D eigenvalue weighted by Crippen LogP contribution is -2.29. The molecule has 0 saturated heterocycles. The Morgan fingerprint density at radius 2 is 2.20 bits per heavy atom. The maximum absolute atomic E-state index is 11.4. The highest BCUT2D eigenvalue weighted by atomic mass is 16.6. The minimum atomic E-state index is -0.585. The smallest absolute Gasteiger partial charge is 0.287 e. The van der Waals surface area contributed by atoms with Gasteiger partial charge in [-0.05, 0) is 25.0 Å². The fourth-order valence-electron chi connectivity index (χ4n) is 1.78. The van der Waals surface area contributed by atoms with Crippen molar-refractivity contribution in [2.75, 3.05) is 18.4 Å². The van der Waals surface area contributed by atoms with E-state index in [0.29, 0.717) is 18.8 Å². The molecular weight excluding hydrogens is 260 g/mol. The predicted molar refractivity (Wildman–Crippen MR) is 72.0 cm³/mol. The van der Waals surface area contributed by atoms with Gasteiger partial charge in [0.05, 0.1) is 4.92 Å². The summed E-state index contributed by atoms with van der Waals surface area (Å²) in [7, 11) is 0. The minimum Gasteiger partial charge on any atom is -0.383 e. The van der Waals surface area contributed by atoms with Crippen LogP contribution in [0.2, 0.25) is 0 Å². The van der Waals surface area contributed by atoms with Crippen LogP contribution in [0.15, 0.2) is 18.2 Å². The van der Waals surface area contributed by atoms with Gasteiger partial charge in [-0.15, -0.1) is 0 Å². The molecular formula is C13H14N4O3. The largest absolute Gasteiger partial charge is 0.383 e. The number of nitriles is 1. The summed E-state index contributed by atoms with van der Waals surface area (Å²) in [6, 6.07) is 6.07. The van der Waals surface area contributed by atoms with E-state index in [1.54, 1.807) is 12.1 Å². The number of amides is 1. The number of hydrogen-bond donors (Lipinski definition) is 2. The number of carbonyl (C=O) groups is 1. The summed E-state index contributed by atoms with van der Waals surface area (Å²) < 4.78 is 0. The van der Waals surface area contributed by atoms with Crippen molar-refractivity contribution in [3.05, 3.63) is 33.9 Å². The first-order valence-corrected chi connectivity index (χ1v) is 6.32. The third kappa shape index (κ3) is 3.45. The molecule has 0 radical (unpaired) electrons. The summed E-state index contributed by atoms with van der Waals surface area (Å²) in [4.78, 5) is 21.5. The second-order valence-electron chi connectivity index (χ2n) is 4.59. The van der Waals surface area contributed by atoms with Crippen LogP contribution in [0.4, 0.5) is 11.4 Å². The second-order valence-corrected chi connectivity index (χ2v) is 4.59. The van der Waals surface area contributed by atoms with E-state index < -0.39 is 4.92 Å². The summed E-state index contributed by atoms with van der Waals surface area (Å²) in [6.45, 7) is 0.981. The van der Waals surface area contributed by atoms with Gasteiger partial charge in [-0.2, -0.15) is 5.26 Å². The van der Waals surface area contributed by atoms with Crippen LogP contribution in [-0.2, 0) is 4.79 Å². The van der Waals surface area contributed by atoms with E-state index in [2.05, 4.69) is 10.6 Å². The van der Waals surface area contributed by atoms with Crippen LogP contribution < -0.4 is 10.6 Å². The number of nitro benzene ring substituents is 1. The van der Waals surface area contributed by atoms with Crippen LogP contribution in [-0.4, -0.2) is 23.9 Å². The molecule has 0 aliphatic heterocycles. The highest BCUT2D eigenvalue weighted by molar-refractivity contribution is 5.80. The Hall–Kier alpha value is -2.62. The number of anilines is 1. The van der Waals surface area contributed by atoms with Gasteiger partial charge in [0.15, 0.2) is 0 Å². The van der Waals surface area contributed by atoms with Crippen molar-refractivity contribution in [2.45, 2.75) is 12.8 Å². The highest BCUT2D eigenvalue weighted by Gasteiger charge is 2.28. The van der Waals surface area contributed by atoms with Gasteiger partial charge in [0.1, 0.15) is 11.6 Å². The molecule has 1 aromatic carbocycles. The number of nitro groups is 1. The second kappa shape index (κ2) is 6.02. The van der Waals surface area contributed by atoms with Crippen LogP contribution in [0, 0.1) is 27.4 Å². The number of nitrogens with one attached hydrogen (secondary N) is 2. The van der Waals surface area contributed by atoms with Crippen molar-refractivity contribution < 1.29 is 9.72 Å². The Labute approximate surface area is 115 Å². The van der Waals surface area contributed by atoms with Gasteiger partial charge in [0.2, 0.25) is 5.91 Å². The zero-order chi connectivity index (χ0) is 14.5. The van der Waals surface area contributed by atoms with E-state index >= 15 is 0 Å². The predicted octanol–water partition coefficient (Wildman–Crippen LogP) is 1.40. The molecule has 0 aromatic heterocycles. The molecule has 1 aromatic rings. The molecule has 1 aliphatic rings. The first-order chi connectivity index (χ1) is 9.61. The molecule has 0 atom stereocenters. The Balaban J connectivity index is 1.85. The van der Waals surface area contributed by atoms with Gasteiger partial charge in [-0.25, -0.2) is 0 Å². The van der Waals surface area contributed by atoms with Crippen LogP contribution in [0.3, 0.4) is 0 Å². The molecule has 1 fully saturated rings. The molecule has 1 amide bonds. The quantitative estimate of drug-likeness (QED) is 0.463. The number of benzene rings is 1. The van der Waals surface area contributed by atoms with Gasteiger partial charge >= 0.3 is 0 Å². The number of carbonyl (C=O) groups excluding carboxylic acids is 1. The van der Waals surface area contributed by atoms with Gasteiger partial charge in [-0.3, -0.25) is 14.9 Å². The molecule has 1 saturated carbocycles. The lowest BCUT2D eigenvalue weighted by Gasteiger charge is -2.08. The van der Waals surface area contributed by atoms with Gasteiger partial charge < -0.3 is 10.6 Å². The number of nitrogens with zero attached hydrogens (tertiary/aromatic N) is 2. The van der Waals surface area contributed by atoms with E-state index in [-0.39, 0.29) is 23.1 Å². The molecule has 7 heteroatoms. The monoisotopic (exact) mass is 274 g/mol. The van der Waals surface area contributed by atoms with Crippen molar-refractivity contribution in [1.82, 2.24) is 5.32 Å². The van der Waals surface area contributed by atoms with Crippen molar-refractivity contribution >= 4 is 17.3 Å². The summed E-state index contributed by atoms with van der Waals surface area (Å²) in [6.07, 6.45) is 1.93. The van der Waals surface area contributed by atoms with E-state index in [1.165, 1.54) is 12.1 Å². The van der Waals surface area contributed by atoms with Crippen molar-refractivity contribution in [2.24, 2.45) is 5.92 Å². The van der Waals surface area contributed by atoms with E-state index in [1.807, 2.05) is 0 Å². The molecule has 0 unspecified atom stereocenters. The summed E-state index contributed by atoms with van der Waals surface area (Å²) in [5, 5.41) is 25.4. The normalized spacial score (nSPS) is 13.3. The maximum Gasteiger partial charge on any atom is 0.287 e. The zero-order valence-corrected chi connectivity index (χ0v) is 10.8. The highest BCUT2D eigenvalue weighted by Crippen LogP contribution is 2.28. The average molecular weight is 274 g/mol. The topological polar surface area (TPSA) is 108 Å². The van der Waals surface area contributed by atoms with Crippen LogP contribution in [0.1, 0.15) is 18.4 Å². The van der Waals surface area contributed by atoms with Crippen molar-refractivity contribution in [3.8, 4) is 6.07 Å². The van der Waals surface area contributed by atoms with Crippen molar-refractivity contribution in [3.63, 3.8) is 0 Å². The Kier molecular flexibility index (Phi) is 4.15. The third-order valence-electron chi connectivity index (χ3n) is 3.02. The van der Waals surface area contributed by atoms with E-state index in [0.717, 1.165) is 12.8 Å². The van der Waals surface area contributed by atoms with Gasteiger partial charge in [0.25, 0.3) is 5.69 Å². The Bertz CT molecular complexity index is 575. The molecule has 2 N–H and O–H groups in total. The van der Waals surface area contributed by atoms with E-state index in [9.17, 15) is 14.9 Å². The van der Waals surface area contributed by atoms with Gasteiger partial charge in [0, 0.05) is 30.8 Å². The maximum atomic E-state index is 11.4. The SMILES string of the molecule is N#Cc1cc(NCCNC(=O)C2CC2)ccc1[N+](=O)[O-]. The summed E-state index contributed by atoms with van der Waals surface area (Å²) in [5.41, 5.74) is 0.426. The number of hydrogen-bond acceptors (Lipinski definition) is 5. The minimum absolute atomic E-state index is 0.0158. The molecule has 20 heavy (non-hydrogen) atoms. The van der Waals surface area contributed by atoms with Crippen LogP contribution in [0.5, 0.6) is 0 Å². The summed E-state index contributed by atoms with van der Waals surface area (Å²) in [5.74, 6) is 0.257. The molecule has 2 rings (SSSR count). The summed E-state index contributed by atoms with van der Waals surface area (Å²) >= 11 is 0. The molecule has 1 aliphatic carbocycles. The molecule has 0 spiro atoms.